The first-order valence-electron chi connectivity index (χ1n) is 10.7. The number of rotatable bonds is 5. The van der Waals surface area contributed by atoms with Crippen molar-refractivity contribution in [1.82, 2.24) is 5.32 Å². The van der Waals surface area contributed by atoms with E-state index in [9.17, 15) is 28.2 Å². The van der Waals surface area contributed by atoms with Gasteiger partial charge in [-0.1, -0.05) is 26.8 Å². The lowest BCUT2D eigenvalue weighted by Gasteiger charge is -2.26. The van der Waals surface area contributed by atoms with Gasteiger partial charge in [0.05, 0.1) is 32.1 Å². The Bertz CT molecular complexity index is 1070. The van der Waals surface area contributed by atoms with Crippen LogP contribution in [0.4, 0.5) is 23.7 Å². The van der Waals surface area contributed by atoms with E-state index in [-0.39, 0.29) is 11.4 Å². The summed E-state index contributed by atoms with van der Waals surface area (Å²) < 4.78 is 50.3. The summed E-state index contributed by atoms with van der Waals surface area (Å²) in [4.78, 5) is 12.8. The highest BCUT2D eigenvalue weighted by molar-refractivity contribution is 5.92. The Hall–Kier alpha value is -2.98. The van der Waals surface area contributed by atoms with E-state index < -0.39 is 41.4 Å². The first kappa shape index (κ1) is 25.6. The predicted octanol–water partition coefficient (Wildman–Crippen LogP) is 4.38. The van der Waals surface area contributed by atoms with Crippen LogP contribution in [-0.4, -0.2) is 42.7 Å². The molecule has 10 heteroatoms. The molecule has 0 aliphatic heterocycles. The summed E-state index contributed by atoms with van der Waals surface area (Å²) in [6.07, 6.45) is -8.34. The number of hydrogen-bond acceptors (Lipinski definition) is 5. The number of aliphatic hydroxyl groups is 2. The predicted molar refractivity (Wildman–Crippen MR) is 120 cm³/mol. The lowest BCUT2D eigenvalue weighted by atomic mass is 9.84. The number of methoxy groups -OCH3 is 2. The minimum atomic E-state index is -4.93. The number of carbonyl (C=O) groups excluding carboxylic acids is 1. The zero-order valence-electron chi connectivity index (χ0n) is 19.6. The maximum Gasteiger partial charge on any atom is 0.418 e. The molecular weight excluding hydrogens is 453 g/mol. The molecule has 0 heterocycles. The number of ether oxygens (including phenoxy) is 2. The van der Waals surface area contributed by atoms with Gasteiger partial charge in [-0.3, -0.25) is 0 Å². The number of benzene rings is 2. The van der Waals surface area contributed by atoms with Crippen LogP contribution in [0.5, 0.6) is 11.5 Å². The Balaban J connectivity index is 1.89. The second-order valence-corrected chi connectivity index (χ2v) is 9.26. The van der Waals surface area contributed by atoms with Gasteiger partial charge in [0, 0.05) is 5.56 Å². The average molecular weight is 482 g/mol. The number of urea groups is 1. The molecule has 186 valence electrons. The summed E-state index contributed by atoms with van der Waals surface area (Å²) in [5, 5.41) is 25.8. The largest absolute Gasteiger partial charge is 0.497 e. The molecule has 0 radical (unpaired) electrons. The number of nitrogens with one attached hydrogen (secondary N) is 2. The lowest BCUT2D eigenvalue weighted by Crippen LogP contribution is -2.40. The maximum atomic E-state index is 13.3. The van der Waals surface area contributed by atoms with E-state index in [1.807, 2.05) is 0 Å². The molecule has 2 amide bonds. The van der Waals surface area contributed by atoms with Crippen molar-refractivity contribution >= 4 is 11.7 Å². The molecular formula is C24H29F3N2O5. The molecule has 2 aromatic carbocycles. The Morgan fingerprint density at radius 2 is 1.79 bits per heavy atom. The molecule has 0 saturated carbocycles. The number of anilines is 1. The van der Waals surface area contributed by atoms with Crippen molar-refractivity contribution in [2.45, 2.75) is 57.0 Å². The molecule has 1 aliphatic rings. The second kappa shape index (κ2) is 9.34. The van der Waals surface area contributed by atoms with Crippen molar-refractivity contribution < 1.29 is 37.7 Å². The first-order valence-corrected chi connectivity index (χ1v) is 10.7. The van der Waals surface area contributed by atoms with Crippen LogP contribution in [0, 0.1) is 0 Å². The molecule has 0 spiro atoms. The van der Waals surface area contributed by atoms with Gasteiger partial charge in [-0.15, -0.1) is 0 Å². The van der Waals surface area contributed by atoms with Crippen LogP contribution in [0.25, 0.3) is 0 Å². The zero-order valence-corrected chi connectivity index (χ0v) is 19.6. The van der Waals surface area contributed by atoms with E-state index in [0.717, 1.165) is 12.7 Å². The Labute approximate surface area is 195 Å². The van der Waals surface area contributed by atoms with Crippen molar-refractivity contribution in [2.75, 3.05) is 19.5 Å². The highest BCUT2D eigenvalue weighted by atomic mass is 19.4. The van der Waals surface area contributed by atoms with Gasteiger partial charge in [0.25, 0.3) is 0 Å². The van der Waals surface area contributed by atoms with Gasteiger partial charge in [-0.2, -0.15) is 13.2 Å². The number of fused-ring (bicyclic) bond motifs is 1. The monoisotopic (exact) mass is 482 g/mol. The van der Waals surface area contributed by atoms with Crippen LogP contribution in [0.2, 0.25) is 0 Å². The highest BCUT2D eigenvalue weighted by Crippen LogP contribution is 2.43. The molecule has 0 fully saturated rings. The van der Waals surface area contributed by atoms with E-state index in [2.05, 4.69) is 10.6 Å². The lowest BCUT2D eigenvalue weighted by molar-refractivity contribution is -0.207. The Morgan fingerprint density at radius 3 is 2.35 bits per heavy atom. The normalized spacial score (nSPS) is 18.8. The number of aliphatic hydroxyl groups excluding tert-OH is 2. The summed E-state index contributed by atoms with van der Waals surface area (Å²) in [6, 6.07) is 6.55. The zero-order chi connectivity index (χ0) is 25.4. The smallest absolute Gasteiger partial charge is 0.418 e. The van der Waals surface area contributed by atoms with Crippen LogP contribution in [0.15, 0.2) is 30.3 Å². The fourth-order valence-electron chi connectivity index (χ4n) is 3.98. The quantitative estimate of drug-likeness (QED) is 0.507. The van der Waals surface area contributed by atoms with Crippen molar-refractivity contribution in [3.63, 3.8) is 0 Å². The van der Waals surface area contributed by atoms with Gasteiger partial charge >= 0.3 is 12.2 Å². The van der Waals surface area contributed by atoms with Crippen molar-refractivity contribution in [3.8, 4) is 11.5 Å². The average Bonchev–Trinajstić information content (AvgIpc) is 3.05. The van der Waals surface area contributed by atoms with Gasteiger partial charge < -0.3 is 30.3 Å². The van der Waals surface area contributed by atoms with Crippen molar-refractivity contribution in [2.24, 2.45) is 0 Å². The number of hydrogen-bond donors (Lipinski definition) is 4. The summed E-state index contributed by atoms with van der Waals surface area (Å²) in [6.45, 7) is 5.38. The summed E-state index contributed by atoms with van der Waals surface area (Å²) in [5.74, 6) is 0.323. The third kappa shape index (κ3) is 5.23. The molecule has 34 heavy (non-hydrogen) atoms. The number of halogens is 3. The summed E-state index contributed by atoms with van der Waals surface area (Å²) in [5.41, 5.74) is 0.827. The molecule has 0 unspecified atom stereocenters. The molecule has 0 bridgehead atoms. The third-order valence-corrected chi connectivity index (χ3v) is 5.85. The minimum absolute atomic E-state index is 0.0302. The van der Waals surface area contributed by atoms with Crippen LogP contribution >= 0.6 is 0 Å². The SMILES string of the molecule is COc1ccc2c(c1)C[C@@H](NC(=O)Nc1cc(C(C)(C)C)cc([C@@H](O)C(F)(F)F)c1OC)[C@H]2O. The van der Waals surface area contributed by atoms with Gasteiger partial charge in [0.2, 0.25) is 0 Å². The molecule has 3 rings (SSSR count). The second-order valence-electron chi connectivity index (χ2n) is 9.26. The van der Waals surface area contributed by atoms with Crippen LogP contribution in [0.1, 0.15) is 55.2 Å². The van der Waals surface area contributed by atoms with E-state index in [1.54, 1.807) is 39.0 Å². The van der Waals surface area contributed by atoms with Gasteiger partial charge in [0.1, 0.15) is 11.5 Å². The minimum Gasteiger partial charge on any atom is -0.497 e. The van der Waals surface area contributed by atoms with Gasteiger partial charge in [-0.25, -0.2) is 4.79 Å². The number of alkyl halides is 3. The summed E-state index contributed by atoms with van der Waals surface area (Å²) in [7, 11) is 2.69. The van der Waals surface area contributed by atoms with E-state index >= 15 is 0 Å². The van der Waals surface area contributed by atoms with E-state index in [0.29, 0.717) is 23.3 Å². The fraction of sp³-hybridized carbons (Fsp3) is 0.458. The molecule has 7 nitrogen and oxygen atoms in total. The third-order valence-electron chi connectivity index (χ3n) is 5.85. The number of amides is 2. The molecule has 3 atom stereocenters. The van der Waals surface area contributed by atoms with Crippen molar-refractivity contribution in [1.29, 1.82) is 0 Å². The Kier molecular flexibility index (Phi) is 7.05. The van der Waals surface area contributed by atoms with E-state index in [1.165, 1.54) is 19.2 Å². The Morgan fingerprint density at radius 1 is 1.12 bits per heavy atom. The fourth-order valence-corrected chi connectivity index (χ4v) is 3.98. The van der Waals surface area contributed by atoms with Crippen LogP contribution in [0.3, 0.4) is 0 Å². The topological polar surface area (TPSA) is 100 Å². The van der Waals surface area contributed by atoms with Crippen LogP contribution in [-0.2, 0) is 11.8 Å². The molecule has 1 aliphatic carbocycles. The maximum absolute atomic E-state index is 13.3. The molecule has 4 N–H and O–H groups in total. The van der Waals surface area contributed by atoms with E-state index in [4.69, 9.17) is 9.47 Å². The van der Waals surface area contributed by atoms with Crippen LogP contribution < -0.4 is 20.1 Å². The van der Waals surface area contributed by atoms with Gasteiger partial charge in [0.15, 0.2) is 6.10 Å². The molecule has 0 aromatic heterocycles. The van der Waals surface area contributed by atoms with Crippen molar-refractivity contribution in [3.05, 3.63) is 52.6 Å². The standard InChI is InChI=1S/C24H29F3N2O5/c1-23(2,3)13-10-16(21(31)24(25,26)27)20(34-5)18(11-13)29-22(32)28-17-9-12-8-14(33-4)6-7-15(12)19(17)30/h6-8,10-11,17,19,21,30-31H,9H2,1-5H3,(H2,28,29,32)/t17-,19+,21-/m1/s1. The first-order chi connectivity index (χ1) is 15.8. The summed E-state index contributed by atoms with van der Waals surface area (Å²) >= 11 is 0. The molecule has 0 saturated heterocycles. The highest BCUT2D eigenvalue weighted by Gasteiger charge is 2.42. The van der Waals surface area contributed by atoms with Gasteiger partial charge in [-0.05, 0) is 52.8 Å². The number of carbonyl (C=O) groups is 1. The molecule has 2 aromatic rings.